The van der Waals surface area contributed by atoms with Crippen LogP contribution >= 0.6 is 0 Å². The Labute approximate surface area is 227 Å². The number of carbonyl (C=O) groups is 2. The number of unbranched alkanes of at least 4 members (excludes halogenated alkanes) is 1. The standard InChI is InChI=1S/C31H42N2O5/c1-7-10-19-37-24-13-11-23(12-14-24)28-27(30(35)31(36)33(28)18-17-32(8-2)9-3)29(34)26-16-15-25(20-22(26)6)38-21(4)5/h11-16,20-21,28,34H,7-10,17-19H2,1-6H3/b29-27+. The van der Waals surface area contributed by atoms with Crippen LogP contribution in [0.1, 0.15) is 70.2 Å². The summed E-state index contributed by atoms with van der Waals surface area (Å²) in [4.78, 5) is 30.5. The molecule has 1 aliphatic heterocycles. The first kappa shape index (κ1) is 29.2. The Bertz CT molecular complexity index is 1140. The van der Waals surface area contributed by atoms with E-state index in [9.17, 15) is 14.7 Å². The van der Waals surface area contributed by atoms with Crippen LogP contribution in [0.3, 0.4) is 0 Å². The van der Waals surface area contributed by atoms with Crippen LogP contribution in [0, 0.1) is 6.92 Å². The number of carbonyl (C=O) groups excluding carboxylic acids is 2. The van der Waals surface area contributed by atoms with Gasteiger partial charge in [-0.25, -0.2) is 0 Å². The van der Waals surface area contributed by atoms with E-state index in [1.54, 1.807) is 17.0 Å². The average molecular weight is 523 g/mol. The highest BCUT2D eigenvalue weighted by Gasteiger charge is 2.46. The SMILES string of the molecule is CCCCOc1ccc(C2/C(=C(\O)c3ccc(OC(C)C)cc3C)C(=O)C(=O)N2CCN(CC)CC)cc1. The zero-order valence-corrected chi connectivity index (χ0v) is 23.6. The third kappa shape index (κ3) is 6.76. The number of Topliss-reactive ketones (excluding diaryl/α,β-unsaturated/α-hetero) is 1. The van der Waals surface area contributed by atoms with Gasteiger partial charge in [0.15, 0.2) is 0 Å². The van der Waals surface area contributed by atoms with Gasteiger partial charge >= 0.3 is 0 Å². The number of rotatable bonds is 13. The molecule has 0 aromatic heterocycles. The van der Waals surface area contributed by atoms with Crippen molar-refractivity contribution in [3.05, 3.63) is 64.7 Å². The fourth-order valence-corrected chi connectivity index (χ4v) is 4.72. The van der Waals surface area contributed by atoms with E-state index < -0.39 is 17.7 Å². The Morgan fingerprint density at radius 2 is 1.68 bits per heavy atom. The summed E-state index contributed by atoms with van der Waals surface area (Å²) < 4.78 is 11.6. The molecule has 7 nitrogen and oxygen atoms in total. The number of aliphatic hydroxyl groups excluding tert-OH is 1. The van der Waals surface area contributed by atoms with Crippen molar-refractivity contribution in [3.8, 4) is 11.5 Å². The van der Waals surface area contributed by atoms with Crippen molar-refractivity contribution in [2.75, 3.05) is 32.8 Å². The highest BCUT2D eigenvalue weighted by atomic mass is 16.5. The Kier molecular flexibility index (Phi) is 10.4. The Morgan fingerprint density at radius 1 is 1.03 bits per heavy atom. The number of benzene rings is 2. The molecule has 0 aliphatic carbocycles. The molecule has 0 radical (unpaired) electrons. The quantitative estimate of drug-likeness (QED) is 0.157. The predicted molar refractivity (Wildman–Crippen MR) is 151 cm³/mol. The van der Waals surface area contributed by atoms with Crippen LogP contribution in [0.5, 0.6) is 11.5 Å². The van der Waals surface area contributed by atoms with Crippen molar-refractivity contribution < 1.29 is 24.2 Å². The van der Waals surface area contributed by atoms with Gasteiger partial charge in [0.2, 0.25) is 0 Å². The van der Waals surface area contributed by atoms with Crippen molar-refractivity contribution in [1.82, 2.24) is 9.80 Å². The molecular weight excluding hydrogens is 480 g/mol. The summed E-state index contributed by atoms with van der Waals surface area (Å²) in [7, 11) is 0. The molecule has 1 saturated heterocycles. The van der Waals surface area contributed by atoms with E-state index in [1.807, 2.05) is 51.1 Å². The number of aryl methyl sites for hydroxylation is 1. The third-order valence-corrected chi connectivity index (χ3v) is 6.88. The van der Waals surface area contributed by atoms with E-state index >= 15 is 0 Å². The maximum absolute atomic E-state index is 13.4. The molecule has 2 aromatic rings. The molecule has 0 saturated carbocycles. The lowest BCUT2D eigenvalue weighted by Crippen LogP contribution is -2.38. The second-order valence-corrected chi connectivity index (χ2v) is 9.93. The van der Waals surface area contributed by atoms with Crippen LogP contribution in [-0.2, 0) is 9.59 Å². The molecule has 1 aliphatic rings. The molecule has 1 atom stereocenters. The van der Waals surface area contributed by atoms with Crippen LogP contribution in [0.25, 0.3) is 5.76 Å². The molecule has 2 aromatic carbocycles. The number of aliphatic hydroxyl groups is 1. The van der Waals surface area contributed by atoms with Crippen molar-refractivity contribution >= 4 is 17.4 Å². The first-order valence-electron chi connectivity index (χ1n) is 13.7. The number of hydrogen-bond acceptors (Lipinski definition) is 6. The lowest BCUT2D eigenvalue weighted by atomic mass is 9.94. The second-order valence-electron chi connectivity index (χ2n) is 9.93. The third-order valence-electron chi connectivity index (χ3n) is 6.88. The predicted octanol–water partition coefficient (Wildman–Crippen LogP) is 5.72. The second kappa shape index (κ2) is 13.5. The molecule has 1 unspecified atom stereocenters. The number of ketones is 1. The lowest BCUT2D eigenvalue weighted by Gasteiger charge is -2.28. The van der Waals surface area contributed by atoms with Crippen LogP contribution < -0.4 is 9.47 Å². The number of likely N-dealkylation sites (tertiary alicyclic amines) is 1. The molecule has 0 spiro atoms. The first-order valence-corrected chi connectivity index (χ1v) is 13.7. The number of nitrogens with zero attached hydrogens (tertiary/aromatic N) is 2. The highest BCUT2D eigenvalue weighted by Crippen LogP contribution is 2.40. The van der Waals surface area contributed by atoms with Crippen LogP contribution in [0.4, 0.5) is 0 Å². The summed E-state index contributed by atoms with van der Waals surface area (Å²) in [6.45, 7) is 15.3. The molecular formula is C31H42N2O5. The van der Waals surface area contributed by atoms with E-state index in [-0.39, 0.29) is 17.4 Å². The molecule has 1 N–H and O–H groups in total. The fraction of sp³-hybridized carbons (Fsp3) is 0.484. The fourth-order valence-electron chi connectivity index (χ4n) is 4.72. The minimum Gasteiger partial charge on any atom is -0.507 e. The Morgan fingerprint density at radius 3 is 2.26 bits per heavy atom. The first-order chi connectivity index (χ1) is 18.2. The molecule has 206 valence electrons. The molecule has 1 heterocycles. The minimum atomic E-state index is -0.693. The van der Waals surface area contributed by atoms with Gasteiger partial charge in [-0.15, -0.1) is 0 Å². The van der Waals surface area contributed by atoms with Crippen LogP contribution in [0.2, 0.25) is 0 Å². The smallest absolute Gasteiger partial charge is 0.295 e. The van der Waals surface area contributed by atoms with E-state index in [4.69, 9.17) is 9.47 Å². The summed E-state index contributed by atoms with van der Waals surface area (Å²) in [5.74, 6) is -0.0139. The zero-order valence-electron chi connectivity index (χ0n) is 23.6. The van der Waals surface area contributed by atoms with E-state index in [0.717, 1.165) is 42.8 Å². The van der Waals surface area contributed by atoms with Gasteiger partial charge in [-0.05, 0) is 81.7 Å². The normalized spacial score (nSPS) is 17.1. The minimum absolute atomic E-state index is 0.0129. The Balaban J connectivity index is 2.05. The Hall–Kier alpha value is -3.32. The van der Waals surface area contributed by atoms with Gasteiger partial charge in [-0.1, -0.05) is 39.3 Å². The summed E-state index contributed by atoms with van der Waals surface area (Å²) in [6, 6.07) is 12.1. The van der Waals surface area contributed by atoms with Crippen molar-refractivity contribution in [2.45, 2.75) is 66.5 Å². The lowest BCUT2D eigenvalue weighted by molar-refractivity contribution is -0.140. The van der Waals surface area contributed by atoms with Gasteiger partial charge in [-0.3, -0.25) is 9.59 Å². The topological polar surface area (TPSA) is 79.3 Å². The number of likely N-dealkylation sites (N-methyl/N-ethyl adjacent to an activating group) is 1. The molecule has 0 bridgehead atoms. The maximum Gasteiger partial charge on any atom is 0.295 e. The van der Waals surface area contributed by atoms with Gasteiger partial charge in [0.1, 0.15) is 17.3 Å². The van der Waals surface area contributed by atoms with Crippen molar-refractivity contribution in [2.24, 2.45) is 0 Å². The van der Waals surface area contributed by atoms with Crippen molar-refractivity contribution in [3.63, 3.8) is 0 Å². The largest absolute Gasteiger partial charge is 0.507 e. The van der Waals surface area contributed by atoms with Gasteiger partial charge in [0.05, 0.1) is 24.3 Å². The van der Waals surface area contributed by atoms with Crippen LogP contribution in [0.15, 0.2) is 48.0 Å². The number of ether oxygens (including phenoxy) is 2. The van der Waals surface area contributed by atoms with E-state index in [1.165, 1.54) is 0 Å². The summed E-state index contributed by atoms with van der Waals surface area (Å²) in [5, 5.41) is 11.5. The van der Waals surface area contributed by atoms with E-state index in [0.29, 0.717) is 31.0 Å². The van der Waals surface area contributed by atoms with Crippen LogP contribution in [-0.4, -0.2) is 65.5 Å². The maximum atomic E-state index is 13.4. The average Bonchev–Trinajstić information content (AvgIpc) is 3.14. The van der Waals surface area contributed by atoms with E-state index in [2.05, 4.69) is 25.7 Å². The number of amides is 1. The molecule has 38 heavy (non-hydrogen) atoms. The van der Waals surface area contributed by atoms with Crippen molar-refractivity contribution in [1.29, 1.82) is 0 Å². The monoisotopic (exact) mass is 522 g/mol. The molecule has 3 rings (SSSR count). The zero-order chi connectivity index (χ0) is 27.8. The summed E-state index contributed by atoms with van der Waals surface area (Å²) in [6.07, 6.45) is 2.02. The highest BCUT2D eigenvalue weighted by molar-refractivity contribution is 6.46. The number of hydrogen-bond donors (Lipinski definition) is 1. The van der Waals surface area contributed by atoms with Gasteiger partial charge in [0.25, 0.3) is 11.7 Å². The summed E-state index contributed by atoms with van der Waals surface area (Å²) in [5.41, 5.74) is 2.13. The molecule has 1 amide bonds. The molecule has 1 fully saturated rings. The molecule has 7 heteroatoms. The van der Waals surface area contributed by atoms with Gasteiger partial charge in [-0.2, -0.15) is 0 Å². The van der Waals surface area contributed by atoms with Gasteiger partial charge in [0, 0.05) is 18.7 Å². The summed E-state index contributed by atoms with van der Waals surface area (Å²) >= 11 is 0. The van der Waals surface area contributed by atoms with Gasteiger partial charge < -0.3 is 24.4 Å².